The number of carbonyl (C=O) groups excluding carboxylic acids is 2. The lowest BCUT2D eigenvalue weighted by Gasteiger charge is -2.39. The topological polar surface area (TPSA) is 76.7 Å². The second-order valence-corrected chi connectivity index (χ2v) is 10.1. The Kier molecular flexibility index (Phi) is 7.63. The van der Waals surface area contributed by atoms with Crippen molar-refractivity contribution >= 4 is 12.0 Å². The number of hydrogen-bond donors (Lipinski definition) is 2. The Labute approximate surface area is 186 Å². The summed E-state index contributed by atoms with van der Waals surface area (Å²) in [5, 5.41) is 6.37. The number of ether oxygens (including phenoxy) is 2. The molecule has 172 valence electrons. The molecule has 0 bridgehead atoms. The van der Waals surface area contributed by atoms with E-state index in [1.54, 1.807) is 0 Å². The molecule has 2 amide bonds. The van der Waals surface area contributed by atoms with E-state index in [0.29, 0.717) is 32.6 Å². The summed E-state index contributed by atoms with van der Waals surface area (Å²) < 4.78 is 11.1. The largest absolute Gasteiger partial charge is 0.444 e. The smallest absolute Gasteiger partial charge is 0.408 e. The molecule has 0 radical (unpaired) electrons. The number of hydrogen-bond acceptors (Lipinski definition) is 4. The summed E-state index contributed by atoms with van der Waals surface area (Å²) >= 11 is 0. The van der Waals surface area contributed by atoms with Gasteiger partial charge in [-0.1, -0.05) is 56.0 Å². The Hall–Kier alpha value is -2.08. The predicted octanol–water partition coefficient (Wildman–Crippen LogP) is 4.47. The molecular weight excluding hydrogens is 392 g/mol. The molecule has 0 spiro atoms. The molecule has 1 saturated carbocycles. The van der Waals surface area contributed by atoms with Gasteiger partial charge >= 0.3 is 6.09 Å². The molecule has 31 heavy (non-hydrogen) atoms. The molecule has 1 aliphatic carbocycles. The van der Waals surface area contributed by atoms with E-state index in [1.165, 1.54) is 0 Å². The molecule has 6 nitrogen and oxygen atoms in total. The average molecular weight is 431 g/mol. The molecule has 2 fully saturated rings. The van der Waals surface area contributed by atoms with Crippen molar-refractivity contribution in [2.75, 3.05) is 19.8 Å². The fourth-order valence-electron chi connectivity index (χ4n) is 4.81. The van der Waals surface area contributed by atoms with Crippen LogP contribution in [0.5, 0.6) is 0 Å². The Morgan fingerprint density at radius 2 is 1.58 bits per heavy atom. The van der Waals surface area contributed by atoms with Crippen molar-refractivity contribution in [1.82, 2.24) is 10.6 Å². The van der Waals surface area contributed by atoms with Crippen molar-refractivity contribution in [3.05, 3.63) is 35.9 Å². The molecule has 1 aliphatic heterocycles. The van der Waals surface area contributed by atoms with Gasteiger partial charge < -0.3 is 20.1 Å². The van der Waals surface area contributed by atoms with E-state index >= 15 is 0 Å². The maximum Gasteiger partial charge on any atom is 0.408 e. The third-order valence-electron chi connectivity index (χ3n) is 6.52. The molecule has 0 unspecified atom stereocenters. The molecule has 1 heterocycles. The molecular formula is C25H38N2O4. The van der Waals surface area contributed by atoms with Crippen molar-refractivity contribution in [3.8, 4) is 0 Å². The molecule has 1 saturated heterocycles. The number of rotatable bonds is 5. The van der Waals surface area contributed by atoms with Crippen LogP contribution in [0.1, 0.15) is 77.7 Å². The summed E-state index contributed by atoms with van der Waals surface area (Å²) in [5.74, 6) is 0.0246. The SMILES string of the molecule is CC(C)(C)OC(=O)NC1(CNC(=O)C2(c3ccccc3)CCOCC2)CCCCCC1. The molecule has 2 N–H and O–H groups in total. The highest BCUT2D eigenvalue weighted by molar-refractivity contribution is 5.88. The van der Waals surface area contributed by atoms with Crippen LogP contribution in [0, 0.1) is 0 Å². The van der Waals surface area contributed by atoms with Gasteiger partial charge in [-0.15, -0.1) is 0 Å². The van der Waals surface area contributed by atoms with Gasteiger partial charge in [0.1, 0.15) is 5.60 Å². The zero-order valence-electron chi connectivity index (χ0n) is 19.3. The van der Waals surface area contributed by atoms with E-state index in [1.807, 2.05) is 51.1 Å². The summed E-state index contributed by atoms with van der Waals surface area (Å²) in [6.07, 6.45) is 6.96. The maximum absolute atomic E-state index is 13.6. The van der Waals surface area contributed by atoms with E-state index in [4.69, 9.17) is 9.47 Å². The summed E-state index contributed by atoms with van der Waals surface area (Å²) in [4.78, 5) is 26.2. The number of carbonyl (C=O) groups is 2. The fourth-order valence-corrected chi connectivity index (χ4v) is 4.81. The second-order valence-electron chi connectivity index (χ2n) is 10.1. The Balaban J connectivity index is 1.76. The first kappa shape index (κ1) is 23.6. The van der Waals surface area contributed by atoms with Gasteiger partial charge in [0.2, 0.25) is 5.91 Å². The first-order valence-electron chi connectivity index (χ1n) is 11.7. The summed E-state index contributed by atoms with van der Waals surface area (Å²) in [5.41, 5.74) is -0.584. The fraction of sp³-hybridized carbons (Fsp3) is 0.680. The van der Waals surface area contributed by atoms with Crippen LogP contribution in [-0.4, -0.2) is 42.9 Å². The average Bonchev–Trinajstić information content (AvgIpc) is 2.97. The normalized spacial score (nSPS) is 20.9. The maximum atomic E-state index is 13.6. The highest BCUT2D eigenvalue weighted by Gasteiger charge is 2.43. The van der Waals surface area contributed by atoms with Crippen LogP contribution >= 0.6 is 0 Å². The zero-order chi connectivity index (χ0) is 22.4. The van der Waals surface area contributed by atoms with E-state index in [9.17, 15) is 9.59 Å². The number of amides is 2. The second kappa shape index (κ2) is 10.0. The minimum Gasteiger partial charge on any atom is -0.444 e. The third-order valence-corrected chi connectivity index (χ3v) is 6.52. The van der Waals surface area contributed by atoms with E-state index in [2.05, 4.69) is 10.6 Å². The number of nitrogens with one attached hydrogen (secondary N) is 2. The van der Waals surface area contributed by atoms with Gasteiger partial charge in [0.15, 0.2) is 0 Å². The van der Waals surface area contributed by atoms with Crippen LogP contribution < -0.4 is 10.6 Å². The number of alkyl carbamates (subject to hydrolysis) is 1. The van der Waals surface area contributed by atoms with E-state index in [0.717, 1.165) is 44.1 Å². The Bertz CT molecular complexity index is 728. The quantitative estimate of drug-likeness (QED) is 0.676. The van der Waals surface area contributed by atoms with Crippen molar-refractivity contribution in [2.24, 2.45) is 0 Å². The molecule has 0 atom stereocenters. The Morgan fingerprint density at radius 3 is 2.16 bits per heavy atom. The van der Waals surface area contributed by atoms with Gasteiger partial charge in [0.05, 0.1) is 11.0 Å². The third kappa shape index (κ3) is 6.22. The van der Waals surface area contributed by atoms with Crippen LogP contribution in [0.4, 0.5) is 4.79 Å². The van der Waals surface area contributed by atoms with Gasteiger partial charge in [-0.05, 0) is 52.0 Å². The molecule has 6 heteroatoms. The van der Waals surface area contributed by atoms with Gasteiger partial charge in [0.25, 0.3) is 0 Å². The van der Waals surface area contributed by atoms with Crippen molar-refractivity contribution in [1.29, 1.82) is 0 Å². The van der Waals surface area contributed by atoms with Gasteiger partial charge in [-0.2, -0.15) is 0 Å². The van der Waals surface area contributed by atoms with Gasteiger partial charge in [-0.3, -0.25) is 4.79 Å². The van der Waals surface area contributed by atoms with Crippen LogP contribution in [0.3, 0.4) is 0 Å². The monoisotopic (exact) mass is 430 g/mol. The summed E-state index contributed by atoms with van der Waals surface area (Å²) in [7, 11) is 0. The highest BCUT2D eigenvalue weighted by atomic mass is 16.6. The molecule has 2 aliphatic rings. The highest BCUT2D eigenvalue weighted by Crippen LogP contribution is 2.35. The number of benzene rings is 1. The lowest BCUT2D eigenvalue weighted by molar-refractivity contribution is -0.130. The van der Waals surface area contributed by atoms with Crippen molar-refractivity contribution in [3.63, 3.8) is 0 Å². The van der Waals surface area contributed by atoms with Crippen LogP contribution in [0.25, 0.3) is 0 Å². The minimum absolute atomic E-state index is 0.0246. The molecule has 1 aromatic rings. The standard InChI is InChI=1S/C25H38N2O4/c1-23(2,3)31-22(29)27-24(13-9-4-5-10-14-24)19-26-21(28)25(15-17-30-18-16-25)20-11-7-6-8-12-20/h6-8,11-12H,4-5,9-10,13-19H2,1-3H3,(H,26,28)(H,27,29). The first-order valence-corrected chi connectivity index (χ1v) is 11.7. The molecule has 3 rings (SSSR count). The minimum atomic E-state index is -0.586. The van der Waals surface area contributed by atoms with Crippen LogP contribution in [-0.2, 0) is 19.7 Å². The zero-order valence-corrected chi connectivity index (χ0v) is 19.3. The van der Waals surface area contributed by atoms with Crippen LogP contribution in [0.2, 0.25) is 0 Å². The van der Waals surface area contributed by atoms with E-state index < -0.39 is 22.6 Å². The van der Waals surface area contributed by atoms with Gasteiger partial charge in [-0.25, -0.2) is 4.79 Å². The summed E-state index contributed by atoms with van der Waals surface area (Å²) in [6.45, 7) is 7.16. The lowest BCUT2D eigenvalue weighted by Crippen LogP contribution is -2.58. The first-order chi connectivity index (χ1) is 14.7. The summed E-state index contributed by atoms with van der Waals surface area (Å²) in [6, 6.07) is 10.0. The van der Waals surface area contributed by atoms with Crippen LogP contribution in [0.15, 0.2) is 30.3 Å². The van der Waals surface area contributed by atoms with Crippen molar-refractivity contribution in [2.45, 2.75) is 88.7 Å². The lowest BCUT2D eigenvalue weighted by atomic mass is 9.73. The van der Waals surface area contributed by atoms with E-state index in [-0.39, 0.29) is 5.91 Å². The van der Waals surface area contributed by atoms with Gasteiger partial charge in [0, 0.05) is 19.8 Å². The predicted molar refractivity (Wildman–Crippen MR) is 121 cm³/mol. The molecule has 0 aromatic heterocycles. The molecule has 1 aromatic carbocycles. The Morgan fingerprint density at radius 1 is 0.968 bits per heavy atom. The van der Waals surface area contributed by atoms with Crippen molar-refractivity contribution < 1.29 is 19.1 Å².